The molecule has 0 bridgehead atoms. The highest BCUT2D eigenvalue weighted by atomic mass is 15.2. The summed E-state index contributed by atoms with van der Waals surface area (Å²) in [5.41, 5.74) is 0. The van der Waals surface area contributed by atoms with Gasteiger partial charge in [-0.1, -0.05) is 13.8 Å². The molecule has 0 amide bonds. The molecule has 0 radical (unpaired) electrons. The largest absolute Gasteiger partial charge is 0.314 e. The Kier molecular flexibility index (Phi) is 2.90. The Hall–Kier alpha value is -0.0800. The second-order valence-corrected chi connectivity index (χ2v) is 3.98. The lowest BCUT2D eigenvalue weighted by molar-refractivity contribution is 0.108. The van der Waals surface area contributed by atoms with Gasteiger partial charge in [-0.25, -0.2) is 0 Å². The number of hydrogen-bond acceptors (Lipinski definition) is 2. The van der Waals surface area contributed by atoms with Gasteiger partial charge in [0.2, 0.25) is 0 Å². The molecule has 2 atom stereocenters. The van der Waals surface area contributed by atoms with Crippen LogP contribution in [-0.2, 0) is 0 Å². The average Bonchev–Trinajstić information content (AvgIpc) is 1.94. The van der Waals surface area contributed by atoms with Gasteiger partial charge in [-0.05, 0) is 19.9 Å². The van der Waals surface area contributed by atoms with E-state index in [1.807, 2.05) is 0 Å². The van der Waals surface area contributed by atoms with Crippen molar-refractivity contribution in [2.45, 2.75) is 32.9 Å². The van der Waals surface area contributed by atoms with Crippen molar-refractivity contribution in [3.8, 4) is 0 Å². The first-order valence-corrected chi connectivity index (χ1v) is 4.55. The molecule has 0 unspecified atom stereocenters. The van der Waals surface area contributed by atoms with Gasteiger partial charge in [-0.3, -0.25) is 4.90 Å². The molecule has 1 saturated heterocycles. The van der Waals surface area contributed by atoms with Crippen LogP contribution in [0, 0.1) is 5.92 Å². The van der Waals surface area contributed by atoms with Crippen LogP contribution in [0.1, 0.15) is 20.8 Å². The van der Waals surface area contributed by atoms with E-state index in [9.17, 15) is 0 Å². The van der Waals surface area contributed by atoms with Crippen LogP contribution in [0.3, 0.4) is 0 Å². The van der Waals surface area contributed by atoms with Crippen molar-refractivity contribution in [3.63, 3.8) is 0 Å². The zero-order valence-electron chi connectivity index (χ0n) is 8.09. The molecule has 0 aromatic rings. The van der Waals surface area contributed by atoms with Crippen LogP contribution in [0.15, 0.2) is 0 Å². The van der Waals surface area contributed by atoms with Crippen LogP contribution >= 0.6 is 0 Å². The number of likely N-dealkylation sites (N-methyl/N-ethyl adjacent to an activating group) is 1. The monoisotopic (exact) mass is 156 g/mol. The Morgan fingerprint density at radius 1 is 1.36 bits per heavy atom. The Bertz CT molecular complexity index is 123. The number of nitrogens with one attached hydrogen (secondary N) is 1. The second-order valence-electron chi connectivity index (χ2n) is 3.98. The lowest BCUT2D eigenvalue weighted by atomic mass is 9.99. The van der Waals surface area contributed by atoms with Gasteiger partial charge < -0.3 is 5.32 Å². The number of rotatable bonds is 1. The van der Waals surface area contributed by atoms with Crippen molar-refractivity contribution in [2.24, 2.45) is 5.92 Å². The minimum Gasteiger partial charge on any atom is -0.314 e. The van der Waals surface area contributed by atoms with Crippen LogP contribution in [0.5, 0.6) is 0 Å². The quantitative estimate of drug-likeness (QED) is 0.607. The maximum absolute atomic E-state index is 3.45. The Morgan fingerprint density at radius 3 is 2.45 bits per heavy atom. The van der Waals surface area contributed by atoms with Crippen molar-refractivity contribution < 1.29 is 0 Å². The summed E-state index contributed by atoms with van der Waals surface area (Å²) >= 11 is 0. The van der Waals surface area contributed by atoms with E-state index in [-0.39, 0.29) is 0 Å². The van der Waals surface area contributed by atoms with Crippen LogP contribution in [-0.4, -0.2) is 37.1 Å². The highest BCUT2D eigenvalue weighted by Gasteiger charge is 2.25. The predicted octanol–water partition coefficient (Wildman–Crippen LogP) is 0.934. The zero-order chi connectivity index (χ0) is 8.43. The highest BCUT2D eigenvalue weighted by Crippen LogP contribution is 2.14. The van der Waals surface area contributed by atoms with E-state index in [0.29, 0.717) is 6.04 Å². The van der Waals surface area contributed by atoms with E-state index in [1.54, 1.807) is 0 Å². The van der Waals surface area contributed by atoms with Gasteiger partial charge in [0.15, 0.2) is 0 Å². The lowest BCUT2D eigenvalue weighted by Gasteiger charge is -2.40. The molecule has 1 aliphatic heterocycles. The summed E-state index contributed by atoms with van der Waals surface area (Å²) < 4.78 is 0. The molecule has 2 heteroatoms. The van der Waals surface area contributed by atoms with Gasteiger partial charge in [0.1, 0.15) is 0 Å². The van der Waals surface area contributed by atoms with E-state index < -0.39 is 0 Å². The van der Waals surface area contributed by atoms with Crippen LogP contribution in [0.2, 0.25) is 0 Å². The summed E-state index contributed by atoms with van der Waals surface area (Å²) in [5.74, 6) is 0.759. The molecular formula is C9H20N2. The molecule has 1 N–H and O–H groups in total. The summed E-state index contributed by atoms with van der Waals surface area (Å²) in [7, 11) is 2.23. The summed E-state index contributed by atoms with van der Waals surface area (Å²) in [4.78, 5) is 2.49. The third kappa shape index (κ3) is 1.94. The van der Waals surface area contributed by atoms with Crippen LogP contribution in [0.25, 0.3) is 0 Å². The van der Waals surface area contributed by atoms with Crippen molar-refractivity contribution in [1.29, 1.82) is 0 Å². The molecule has 66 valence electrons. The normalized spacial score (nSPS) is 34.6. The number of nitrogens with zero attached hydrogens (tertiary/aromatic N) is 1. The first-order valence-electron chi connectivity index (χ1n) is 4.55. The van der Waals surface area contributed by atoms with Crippen molar-refractivity contribution in [1.82, 2.24) is 10.2 Å². The number of hydrogen-bond donors (Lipinski definition) is 1. The summed E-state index contributed by atoms with van der Waals surface area (Å²) in [6, 6.07) is 1.41. The Balaban J connectivity index is 2.51. The fourth-order valence-electron chi connectivity index (χ4n) is 1.76. The Morgan fingerprint density at radius 2 is 2.00 bits per heavy atom. The third-order valence-corrected chi connectivity index (χ3v) is 2.78. The Labute approximate surface area is 70.0 Å². The molecule has 0 aliphatic carbocycles. The fourth-order valence-corrected chi connectivity index (χ4v) is 1.76. The van der Waals surface area contributed by atoms with E-state index in [0.717, 1.165) is 25.0 Å². The third-order valence-electron chi connectivity index (χ3n) is 2.78. The molecule has 1 fully saturated rings. The molecule has 0 spiro atoms. The molecule has 0 aromatic heterocycles. The maximum Gasteiger partial charge on any atom is 0.0243 e. The van der Waals surface area contributed by atoms with Gasteiger partial charge in [-0.15, -0.1) is 0 Å². The van der Waals surface area contributed by atoms with Crippen molar-refractivity contribution in [2.75, 3.05) is 20.1 Å². The molecular weight excluding hydrogens is 136 g/mol. The van der Waals surface area contributed by atoms with E-state index in [1.165, 1.54) is 0 Å². The molecule has 0 saturated carbocycles. The van der Waals surface area contributed by atoms with Crippen LogP contribution < -0.4 is 5.32 Å². The fraction of sp³-hybridized carbons (Fsp3) is 1.00. The van der Waals surface area contributed by atoms with Gasteiger partial charge in [-0.2, -0.15) is 0 Å². The maximum atomic E-state index is 3.45. The van der Waals surface area contributed by atoms with Gasteiger partial charge in [0.25, 0.3) is 0 Å². The number of piperazine rings is 1. The first kappa shape index (κ1) is 9.01. The lowest BCUT2D eigenvalue weighted by Crippen LogP contribution is -2.56. The minimum atomic E-state index is 0.691. The minimum absolute atomic E-state index is 0.691. The topological polar surface area (TPSA) is 15.3 Å². The molecule has 2 nitrogen and oxygen atoms in total. The second kappa shape index (κ2) is 3.55. The van der Waals surface area contributed by atoms with Crippen molar-refractivity contribution >= 4 is 0 Å². The molecule has 0 aromatic carbocycles. The first-order chi connectivity index (χ1) is 5.13. The molecule has 1 heterocycles. The molecule has 1 rings (SSSR count). The van der Waals surface area contributed by atoms with Crippen LogP contribution in [0.4, 0.5) is 0 Å². The van der Waals surface area contributed by atoms with Gasteiger partial charge in [0, 0.05) is 25.2 Å². The summed E-state index contributed by atoms with van der Waals surface area (Å²) in [5, 5.41) is 3.45. The van der Waals surface area contributed by atoms with Crippen molar-refractivity contribution in [3.05, 3.63) is 0 Å². The standard InChI is InChI=1S/C9H20N2/c1-7(2)9-6-10-5-8(3)11(9)4/h7-10H,5-6H2,1-4H3/t8-,9-/m0/s1. The van der Waals surface area contributed by atoms with E-state index in [2.05, 4.69) is 38.0 Å². The summed E-state index contributed by atoms with van der Waals surface area (Å²) in [6.07, 6.45) is 0. The van der Waals surface area contributed by atoms with E-state index in [4.69, 9.17) is 0 Å². The summed E-state index contributed by atoms with van der Waals surface area (Å²) in [6.45, 7) is 9.15. The molecule has 11 heavy (non-hydrogen) atoms. The highest BCUT2D eigenvalue weighted by molar-refractivity contribution is 4.84. The zero-order valence-corrected chi connectivity index (χ0v) is 8.09. The molecule has 1 aliphatic rings. The van der Waals surface area contributed by atoms with Gasteiger partial charge in [0.05, 0.1) is 0 Å². The van der Waals surface area contributed by atoms with Gasteiger partial charge >= 0.3 is 0 Å². The van der Waals surface area contributed by atoms with E-state index >= 15 is 0 Å². The SMILES string of the molecule is CC(C)[C@@H]1CNC[C@H](C)N1C. The predicted molar refractivity (Wildman–Crippen MR) is 48.7 cm³/mol. The smallest absolute Gasteiger partial charge is 0.0243 e. The average molecular weight is 156 g/mol.